The molecule has 0 saturated carbocycles. The lowest BCUT2D eigenvalue weighted by Crippen LogP contribution is -2.67. The maximum absolute atomic E-state index is 12.3. The van der Waals surface area contributed by atoms with E-state index < -0.39 is 16.9 Å². The zero-order valence-corrected chi connectivity index (χ0v) is 20.8. The van der Waals surface area contributed by atoms with Crippen molar-refractivity contribution in [3.05, 3.63) is 11.8 Å². The Hall–Kier alpha value is -0.830. The lowest BCUT2D eigenvalue weighted by molar-refractivity contribution is -0.229. The van der Waals surface area contributed by atoms with Gasteiger partial charge in [0.05, 0.1) is 6.10 Å². The van der Waals surface area contributed by atoms with Crippen molar-refractivity contribution in [1.82, 2.24) is 0 Å². The van der Waals surface area contributed by atoms with Crippen molar-refractivity contribution in [2.24, 2.45) is 32.5 Å². The van der Waals surface area contributed by atoms with Gasteiger partial charge in [0, 0.05) is 23.7 Å². The molecule has 3 heteroatoms. The van der Waals surface area contributed by atoms with Gasteiger partial charge >= 0.3 is 5.97 Å². The lowest BCUT2D eigenvalue weighted by Gasteiger charge is -2.67. The maximum Gasteiger partial charge on any atom is 0.310 e. The average molecular weight is 395 g/mol. The van der Waals surface area contributed by atoms with E-state index in [1.807, 2.05) is 6.92 Å². The summed E-state index contributed by atoms with van der Waals surface area (Å²) in [6.45, 7) is 28.2. The van der Waals surface area contributed by atoms with Crippen LogP contribution in [0.5, 0.6) is 0 Å². The molecule has 1 N–H and O–H groups in total. The molecule has 0 amide bonds. The van der Waals surface area contributed by atoms with Crippen LogP contribution in [0.25, 0.3) is 0 Å². The van der Waals surface area contributed by atoms with Gasteiger partial charge in [0.15, 0.2) is 0 Å². The van der Waals surface area contributed by atoms with E-state index >= 15 is 0 Å². The van der Waals surface area contributed by atoms with E-state index in [4.69, 9.17) is 4.74 Å². The van der Waals surface area contributed by atoms with Gasteiger partial charge in [-0.25, -0.2) is 0 Å². The minimum atomic E-state index is -0.593. The fraction of sp³-hybridized carbons (Fsp3) is 0.880. The number of hydrogen-bond donors (Lipinski definition) is 1. The first-order valence-electron chi connectivity index (χ1n) is 10.8. The molecule has 0 radical (unpaired) electrons. The highest BCUT2D eigenvalue weighted by atomic mass is 16.5. The third-order valence-corrected chi connectivity index (χ3v) is 7.43. The molecule has 1 rings (SSSR count). The van der Waals surface area contributed by atoms with Gasteiger partial charge in [0.1, 0.15) is 5.76 Å². The second-order valence-electron chi connectivity index (χ2n) is 12.9. The van der Waals surface area contributed by atoms with Crippen LogP contribution in [-0.4, -0.2) is 17.2 Å². The van der Waals surface area contributed by atoms with E-state index in [0.717, 1.165) is 0 Å². The van der Waals surface area contributed by atoms with Gasteiger partial charge in [0.25, 0.3) is 0 Å². The number of carbonyl (C=O) groups is 1. The Balaban J connectivity index is 4.04. The van der Waals surface area contributed by atoms with Crippen LogP contribution in [0.3, 0.4) is 0 Å². The molecular formula is C25H46O3. The smallest absolute Gasteiger partial charge is 0.310 e. The number of aliphatic hydroxyl groups excluding tert-OH is 1. The normalized spacial score (nSPS) is 23.2. The predicted octanol–water partition coefficient (Wildman–Crippen LogP) is 6.75. The van der Waals surface area contributed by atoms with Crippen LogP contribution >= 0.6 is 0 Å². The Kier molecular flexibility index (Phi) is 6.43. The maximum atomic E-state index is 12.3. The highest BCUT2D eigenvalue weighted by Gasteiger charge is 2.68. The van der Waals surface area contributed by atoms with E-state index in [1.54, 1.807) is 0 Å². The molecule has 1 atom stereocenters. The van der Waals surface area contributed by atoms with Crippen molar-refractivity contribution in [2.45, 2.75) is 109 Å². The number of allylic oxidation sites excluding steroid dienone is 1. The molecule has 0 fully saturated rings. The molecule has 3 nitrogen and oxygen atoms in total. The first-order chi connectivity index (χ1) is 12.2. The first kappa shape index (κ1) is 25.2. The van der Waals surface area contributed by atoms with Gasteiger partial charge < -0.3 is 9.84 Å². The Morgan fingerprint density at radius 3 is 1.61 bits per heavy atom. The van der Waals surface area contributed by atoms with Crippen LogP contribution in [0.1, 0.15) is 103 Å². The molecule has 0 saturated heterocycles. The van der Waals surface area contributed by atoms with Gasteiger partial charge in [-0.05, 0) is 27.7 Å². The summed E-state index contributed by atoms with van der Waals surface area (Å²) in [5.41, 5.74) is -1.93. The fourth-order valence-corrected chi connectivity index (χ4v) is 6.28. The zero-order chi connectivity index (χ0) is 22.6. The number of rotatable bonds is 2. The van der Waals surface area contributed by atoms with E-state index in [1.165, 1.54) is 0 Å². The average Bonchev–Trinajstić information content (AvgIpc) is 2.43. The van der Waals surface area contributed by atoms with E-state index in [9.17, 15) is 9.90 Å². The molecule has 0 aromatic carbocycles. The largest absolute Gasteiger partial charge is 0.431 e. The molecule has 164 valence electrons. The molecule has 0 spiro atoms. The molecule has 1 unspecified atom stereocenters. The molecule has 0 heterocycles. The molecule has 0 aliphatic heterocycles. The standard InChI is InChI=1S/C25H46O3/c1-14-18(26)28-17-15-24(20(2,3)4,21(5,6)7)19(27)25(16-17,22(8,9)10)23(11,12)13/h15,19,27H,14,16H2,1-13H3. The van der Waals surface area contributed by atoms with E-state index in [2.05, 4.69) is 89.2 Å². The summed E-state index contributed by atoms with van der Waals surface area (Å²) in [5, 5.41) is 12.3. The lowest BCUT2D eigenvalue weighted by atomic mass is 9.38. The molecule has 0 bridgehead atoms. The topological polar surface area (TPSA) is 46.5 Å². The van der Waals surface area contributed by atoms with Gasteiger partial charge in [-0.3, -0.25) is 4.79 Å². The summed E-state index contributed by atoms with van der Waals surface area (Å²) >= 11 is 0. The second-order valence-corrected chi connectivity index (χ2v) is 12.9. The third-order valence-electron chi connectivity index (χ3n) is 7.43. The summed E-state index contributed by atoms with van der Waals surface area (Å²) in [6, 6.07) is 0. The van der Waals surface area contributed by atoms with Crippen molar-refractivity contribution in [3.63, 3.8) is 0 Å². The molecule has 0 aromatic heterocycles. The Bertz CT molecular complexity index is 584. The highest BCUT2D eigenvalue weighted by Crippen LogP contribution is 2.69. The monoisotopic (exact) mass is 394 g/mol. The van der Waals surface area contributed by atoms with Crippen LogP contribution < -0.4 is 0 Å². The third kappa shape index (κ3) is 3.68. The molecule has 28 heavy (non-hydrogen) atoms. The summed E-state index contributed by atoms with van der Waals surface area (Å²) in [5.74, 6) is 0.503. The number of ether oxygens (including phenoxy) is 1. The first-order valence-corrected chi connectivity index (χ1v) is 10.8. The van der Waals surface area contributed by atoms with Gasteiger partial charge in [-0.2, -0.15) is 0 Å². The molecule has 0 aromatic rings. The Morgan fingerprint density at radius 1 is 0.929 bits per heavy atom. The van der Waals surface area contributed by atoms with Crippen LogP contribution in [0.2, 0.25) is 0 Å². The van der Waals surface area contributed by atoms with Gasteiger partial charge in [-0.15, -0.1) is 0 Å². The Morgan fingerprint density at radius 2 is 1.32 bits per heavy atom. The Labute approximate surface area is 174 Å². The quantitative estimate of drug-likeness (QED) is 0.527. The van der Waals surface area contributed by atoms with Gasteiger partial charge in [-0.1, -0.05) is 90.0 Å². The number of carbonyl (C=O) groups excluding carboxylic acids is 1. The highest BCUT2D eigenvalue weighted by molar-refractivity contribution is 5.70. The second kappa shape index (κ2) is 7.15. The van der Waals surface area contributed by atoms with Crippen LogP contribution in [0.4, 0.5) is 0 Å². The number of aliphatic hydroxyl groups is 1. The van der Waals surface area contributed by atoms with Crippen LogP contribution in [0.15, 0.2) is 11.8 Å². The minimum absolute atomic E-state index is 0.204. The van der Waals surface area contributed by atoms with E-state index in [0.29, 0.717) is 18.6 Å². The molecular weight excluding hydrogens is 348 g/mol. The van der Waals surface area contributed by atoms with Crippen molar-refractivity contribution in [1.29, 1.82) is 0 Å². The SMILES string of the molecule is CCC(=O)OC1=CC(C(C)(C)C)(C(C)(C)C)C(O)C(C(C)(C)C)(C(C)(C)C)C1. The fourth-order valence-electron chi connectivity index (χ4n) is 6.28. The summed E-state index contributed by atoms with van der Waals surface area (Å²) in [6.07, 6.45) is 2.40. The molecule has 1 aliphatic carbocycles. The summed E-state index contributed by atoms with van der Waals surface area (Å²) in [7, 11) is 0. The van der Waals surface area contributed by atoms with Crippen LogP contribution in [0, 0.1) is 32.5 Å². The summed E-state index contributed by atoms with van der Waals surface area (Å²) < 4.78 is 5.89. The summed E-state index contributed by atoms with van der Waals surface area (Å²) in [4.78, 5) is 12.3. The predicted molar refractivity (Wildman–Crippen MR) is 118 cm³/mol. The zero-order valence-electron chi connectivity index (χ0n) is 20.8. The van der Waals surface area contributed by atoms with E-state index in [-0.39, 0.29) is 27.6 Å². The van der Waals surface area contributed by atoms with Crippen molar-refractivity contribution in [2.75, 3.05) is 0 Å². The number of esters is 1. The van der Waals surface area contributed by atoms with Crippen molar-refractivity contribution < 1.29 is 14.6 Å². The minimum Gasteiger partial charge on any atom is -0.431 e. The van der Waals surface area contributed by atoms with Crippen molar-refractivity contribution in [3.8, 4) is 0 Å². The number of hydrogen-bond acceptors (Lipinski definition) is 3. The van der Waals surface area contributed by atoms with Gasteiger partial charge in [0.2, 0.25) is 0 Å². The molecule has 1 aliphatic rings. The van der Waals surface area contributed by atoms with Crippen LogP contribution in [-0.2, 0) is 9.53 Å². The van der Waals surface area contributed by atoms with Crippen molar-refractivity contribution >= 4 is 5.97 Å².